The molecule has 0 amide bonds. The number of aromatic nitrogens is 4. The minimum atomic E-state index is -0.456. The molecule has 0 aromatic carbocycles. The van der Waals surface area contributed by atoms with Crippen molar-refractivity contribution in [2.75, 3.05) is 18.0 Å². The fourth-order valence-corrected chi connectivity index (χ4v) is 3.82. The van der Waals surface area contributed by atoms with E-state index in [1.165, 1.54) is 0 Å². The molecule has 0 saturated carbocycles. The summed E-state index contributed by atoms with van der Waals surface area (Å²) in [5.41, 5.74) is 0.815. The molecule has 28 heavy (non-hydrogen) atoms. The first-order chi connectivity index (χ1) is 13.6. The molecular formula is C20H20N6O2. The zero-order valence-corrected chi connectivity index (χ0v) is 15.7. The summed E-state index contributed by atoms with van der Waals surface area (Å²) in [4.78, 5) is 28.0. The van der Waals surface area contributed by atoms with E-state index in [4.69, 9.17) is 4.42 Å². The average molecular weight is 376 g/mol. The van der Waals surface area contributed by atoms with E-state index < -0.39 is 5.63 Å². The summed E-state index contributed by atoms with van der Waals surface area (Å²) in [7, 11) is 0. The lowest BCUT2D eigenvalue weighted by Crippen LogP contribution is -2.54. The third kappa shape index (κ3) is 2.91. The van der Waals surface area contributed by atoms with Gasteiger partial charge < -0.3 is 14.6 Å². The van der Waals surface area contributed by atoms with Gasteiger partial charge in [0.2, 0.25) is 11.5 Å². The van der Waals surface area contributed by atoms with Crippen molar-refractivity contribution >= 4 is 22.7 Å². The molecule has 5 rings (SSSR count). The van der Waals surface area contributed by atoms with Gasteiger partial charge in [-0.2, -0.15) is 4.98 Å². The molecule has 0 bridgehead atoms. The molecule has 1 aliphatic heterocycles. The van der Waals surface area contributed by atoms with Crippen molar-refractivity contribution in [1.82, 2.24) is 24.7 Å². The molecule has 4 aromatic heterocycles. The number of nitrogens with zero attached hydrogens (tertiary/aromatic N) is 5. The van der Waals surface area contributed by atoms with E-state index in [0.717, 1.165) is 24.3 Å². The van der Waals surface area contributed by atoms with Gasteiger partial charge in [-0.3, -0.25) is 4.40 Å². The maximum Gasteiger partial charge on any atom is 0.347 e. The Morgan fingerprint density at radius 1 is 1.18 bits per heavy atom. The molecule has 2 unspecified atom stereocenters. The lowest BCUT2D eigenvalue weighted by molar-refractivity contribution is 0.405. The van der Waals surface area contributed by atoms with E-state index in [0.29, 0.717) is 34.8 Å². The second-order valence-electron chi connectivity index (χ2n) is 7.34. The van der Waals surface area contributed by atoms with Crippen molar-refractivity contribution in [1.29, 1.82) is 0 Å². The van der Waals surface area contributed by atoms with Crippen molar-refractivity contribution in [2.24, 2.45) is 0 Å². The Bertz CT molecular complexity index is 1190. The van der Waals surface area contributed by atoms with Crippen LogP contribution in [-0.4, -0.2) is 44.5 Å². The largest absolute Gasteiger partial charge is 0.403 e. The van der Waals surface area contributed by atoms with E-state index in [2.05, 4.69) is 39.0 Å². The second-order valence-corrected chi connectivity index (χ2v) is 7.34. The van der Waals surface area contributed by atoms with Crippen LogP contribution >= 0.6 is 0 Å². The quantitative estimate of drug-likeness (QED) is 0.573. The Kier molecular flexibility index (Phi) is 3.87. The first-order valence-corrected chi connectivity index (χ1v) is 9.33. The number of piperazine rings is 1. The third-order valence-corrected chi connectivity index (χ3v) is 4.98. The fraction of sp³-hybridized carbons (Fsp3) is 0.300. The molecule has 5 heterocycles. The summed E-state index contributed by atoms with van der Waals surface area (Å²) >= 11 is 0. The number of hydrogen-bond acceptors (Lipinski definition) is 7. The maximum atomic E-state index is 12.6. The molecule has 0 aliphatic carbocycles. The number of imidazole rings is 1. The average Bonchev–Trinajstić information content (AvgIpc) is 3.10. The summed E-state index contributed by atoms with van der Waals surface area (Å²) in [6.07, 6.45) is 5.27. The molecule has 0 radical (unpaired) electrons. The SMILES string of the molecule is CC1CN(c2ccc3cc(-c4cn5cccnc5n4)c(=O)oc3n2)CC(C)N1. The predicted molar refractivity (Wildman–Crippen MR) is 107 cm³/mol. The topological polar surface area (TPSA) is 88.6 Å². The number of anilines is 1. The van der Waals surface area contributed by atoms with Crippen LogP contribution in [0.2, 0.25) is 0 Å². The Hall–Kier alpha value is -3.26. The van der Waals surface area contributed by atoms with Gasteiger partial charge in [0.25, 0.3) is 0 Å². The minimum absolute atomic E-state index is 0.340. The zero-order chi connectivity index (χ0) is 19.3. The van der Waals surface area contributed by atoms with Crippen molar-refractivity contribution in [2.45, 2.75) is 25.9 Å². The molecular weight excluding hydrogens is 356 g/mol. The van der Waals surface area contributed by atoms with Crippen LogP contribution in [-0.2, 0) is 0 Å². The van der Waals surface area contributed by atoms with Crippen LogP contribution in [0.15, 0.2) is 52.1 Å². The number of fused-ring (bicyclic) bond motifs is 2. The molecule has 4 aromatic rings. The van der Waals surface area contributed by atoms with Crippen LogP contribution in [0, 0.1) is 0 Å². The number of pyridine rings is 1. The molecule has 1 saturated heterocycles. The van der Waals surface area contributed by atoms with Crippen LogP contribution in [0.3, 0.4) is 0 Å². The number of rotatable bonds is 2. The lowest BCUT2D eigenvalue weighted by atomic mass is 10.1. The highest BCUT2D eigenvalue weighted by molar-refractivity contribution is 5.80. The number of nitrogens with one attached hydrogen (secondary N) is 1. The summed E-state index contributed by atoms with van der Waals surface area (Å²) in [5, 5.41) is 4.27. The molecule has 8 nitrogen and oxygen atoms in total. The van der Waals surface area contributed by atoms with Crippen LogP contribution in [0.5, 0.6) is 0 Å². The first-order valence-electron chi connectivity index (χ1n) is 9.33. The molecule has 0 spiro atoms. The normalized spacial score (nSPS) is 20.1. The lowest BCUT2D eigenvalue weighted by Gasteiger charge is -2.36. The van der Waals surface area contributed by atoms with Crippen molar-refractivity contribution in [3.8, 4) is 11.3 Å². The van der Waals surface area contributed by atoms with Gasteiger partial charge in [-0.05, 0) is 38.1 Å². The van der Waals surface area contributed by atoms with E-state index >= 15 is 0 Å². The minimum Gasteiger partial charge on any atom is -0.403 e. The van der Waals surface area contributed by atoms with Gasteiger partial charge in [-0.25, -0.2) is 14.8 Å². The van der Waals surface area contributed by atoms with Crippen LogP contribution < -0.4 is 15.8 Å². The fourth-order valence-electron chi connectivity index (χ4n) is 3.82. The van der Waals surface area contributed by atoms with Crippen molar-refractivity contribution < 1.29 is 4.42 Å². The third-order valence-electron chi connectivity index (χ3n) is 4.98. The van der Waals surface area contributed by atoms with Crippen molar-refractivity contribution in [3.63, 3.8) is 0 Å². The molecule has 1 fully saturated rings. The molecule has 8 heteroatoms. The van der Waals surface area contributed by atoms with Crippen molar-refractivity contribution in [3.05, 3.63) is 53.3 Å². The van der Waals surface area contributed by atoms with E-state index in [9.17, 15) is 4.79 Å². The van der Waals surface area contributed by atoms with Gasteiger partial charge in [0.05, 0.1) is 11.3 Å². The molecule has 2 atom stereocenters. The molecule has 1 N–H and O–H groups in total. The Morgan fingerprint density at radius 3 is 2.79 bits per heavy atom. The number of hydrogen-bond donors (Lipinski definition) is 1. The van der Waals surface area contributed by atoms with Gasteiger partial charge in [0, 0.05) is 49.1 Å². The Labute approximate surface area is 160 Å². The maximum absolute atomic E-state index is 12.6. The van der Waals surface area contributed by atoms with E-state index in [1.54, 1.807) is 22.9 Å². The highest BCUT2D eigenvalue weighted by atomic mass is 16.4. The summed E-state index contributed by atoms with van der Waals surface area (Å²) < 4.78 is 7.32. The summed E-state index contributed by atoms with van der Waals surface area (Å²) in [5.74, 6) is 1.35. The highest BCUT2D eigenvalue weighted by Gasteiger charge is 2.22. The smallest absolute Gasteiger partial charge is 0.347 e. The standard InChI is InChI=1S/C20H20N6O2/c1-12-9-26(10-13(2)22-12)17-5-4-14-8-15(19(27)28-18(14)24-17)16-11-25-7-3-6-21-20(25)23-16/h3-8,11-13,22H,9-10H2,1-2H3. The predicted octanol–water partition coefficient (Wildman–Crippen LogP) is 2.08. The van der Waals surface area contributed by atoms with Gasteiger partial charge >= 0.3 is 5.63 Å². The van der Waals surface area contributed by atoms with Gasteiger partial charge in [-0.1, -0.05) is 0 Å². The van der Waals surface area contributed by atoms with Gasteiger partial charge in [0.15, 0.2) is 0 Å². The summed E-state index contributed by atoms with van der Waals surface area (Å²) in [6.45, 7) is 6.03. The van der Waals surface area contributed by atoms with E-state index in [-0.39, 0.29) is 0 Å². The second kappa shape index (κ2) is 6.42. The monoisotopic (exact) mass is 376 g/mol. The van der Waals surface area contributed by atoms with E-state index in [1.807, 2.05) is 24.4 Å². The zero-order valence-electron chi connectivity index (χ0n) is 15.7. The van der Waals surface area contributed by atoms with Crippen LogP contribution in [0.1, 0.15) is 13.8 Å². The van der Waals surface area contributed by atoms with Crippen LogP contribution in [0.25, 0.3) is 28.1 Å². The van der Waals surface area contributed by atoms with Gasteiger partial charge in [-0.15, -0.1) is 0 Å². The van der Waals surface area contributed by atoms with Gasteiger partial charge in [0.1, 0.15) is 5.82 Å². The molecule has 142 valence electrons. The Balaban J connectivity index is 1.55. The van der Waals surface area contributed by atoms with Crippen LogP contribution in [0.4, 0.5) is 5.82 Å². The molecule has 1 aliphatic rings. The highest BCUT2D eigenvalue weighted by Crippen LogP contribution is 2.23. The summed E-state index contributed by atoms with van der Waals surface area (Å²) in [6, 6.07) is 8.25. The first kappa shape index (κ1) is 16.9. The Morgan fingerprint density at radius 2 is 2.00 bits per heavy atom.